The van der Waals surface area contributed by atoms with Gasteiger partial charge in [0.1, 0.15) is 0 Å². The minimum atomic E-state index is -0.281. The molecule has 0 aromatic heterocycles. The zero-order valence-corrected chi connectivity index (χ0v) is 12.9. The summed E-state index contributed by atoms with van der Waals surface area (Å²) in [4.78, 5) is 23.1. The molecule has 1 aromatic rings. The van der Waals surface area contributed by atoms with Crippen LogP contribution < -0.4 is 0 Å². The minimum Gasteiger partial charge on any atom is -0.469 e. The molecule has 1 rings (SSSR count). The summed E-state index contributed by atoms with van der Waals surface area (Å²) in [6.45, 7) is 1.79. The number of rotatable bonds is 6. The summed E-state index contributed by atoms with van der Waals surface area (Å²) in [5.41, 5.74) is 0.448. The molecule has 0 aliphatic heterocycles. The van der Waals surface area contributed by atoms with E-state index < -0.39 is 0 Å². The second kappa shape index (κ2) is 7.78. The lowest BCUT2D eigenvalue weighted by Crippen LogP contribution is -2.15. The molecule has 0 N–H and O–H groups in total. The molecule has 0 saturated heterocycles. The van der Waals surface area contributed by atoms with E-state index >= 15 is 0 Å². The molecule has 0 fully saturated rings. The lowest BCUT2D eigenvalue weighted by atomic mass is 10.1. The highest BCUT2D eigenvalue weighted by Gasteiger charge is 2.18. The number of hydrogen-bond acceptors (Lipinski definition) is 4. The number of ether oxygens (including phenoxy) is 1. The summed E-state index contributed by atoms with van der Waals surface area (Å²) in [6, 6.07) is 4.79. The molecule has 0 amide bonds. The van der Waals surface area contributed by atoms with Gasteiger partial charge in [-0.3, -0.25) is 9.59 Å². The lowest BCUT2D eigenvalue weighted by Gasteiger charge is -2.11. The fourth-order valence-electron chi connectivity index (χ4n) is 1.41. The van der Waals surface area contributed by atoms with E-state index in [0.717, 1.165) is 0 Å². The van der Waals surface area contributed by atoms with Crippen LogP contribution in [0.5, 0.6) is 0 Å². The molecule has 1 aromatic carbocycles. The Bertz CT molecular complexity index is 477. The summed E-state index contributed by atoms with van der Waals surface area (Å²) < 4.78 is 4.54. The third-order valence-corrected chi connectivity index (χ3v) is 4.17. The van der Waals surface area contributed by atoms with E-state index in [9.17, 15) is 9.59 Å². The van der Waals surface area contributed by atoms with Gasteiger partial charge in [0, 0.05) is 16.3 Å². The SMILES string of the molecule is COC(=O)CCSC(C)C(=O)c1ccc(Cl)cc1Cl. The Kier molecular flexibility index (Phi) is 6.69. The summed E-state index contributed by atoms with van der Waals surface area (Å²) in [7, 11) is 1.34. The highest BCUT2D eigenvalue weighted by Crippen LogP contribution is 2.25. The van der Waals surface area contributed by atoms with E-state index in [0.29, 0.717) is 21.4 Å². The van der Waals surface area contributed by atoms with Crippen molar-refractivity contribution >= 4 is 46.7 Å². The first-order valence-electron chi connectivity index (χ1n) is 5.63. The van der Waals surface area contributed by atoms with E-state index in [-0.39, 0.29) is 23.4 Å². The van der Waals surface area contributed by atoms with Crippen LogP contribution in [0.15, 0.2) is 18.2 Å². The first-order valence-corrected chi connectivity index (χ1v) is 7.44. The van der Waals surface area contributed by atoms with Crippen LogP contribution >= 0.6 is 35.0 Å². The van der Waals surface area contributed by atoms with Gasteiger partial charge in [-0.25, -0.2) is 0 Å². The number of thioether (sulfide) groups is 1. The molecule has 3 nitrogen and oxygen atoms in total. The van der Waals surface area contributed by atoms with E-state index in [1.807, 2.05) is 0 Å². The van der Waals surface area contributed by atoms with Crippen molar-refractivity contribution in [3.05, 3.63) is 33.8 Å². The number of hydrogen-bond donors (Lipinski definition) is 0. The summed E-state index contributed by atoms with van der Waals surface area (Å²) in [5.74, 6) is 0.179. The maximum absolute atomic E-state index is 12.2. The fraction of sp³-hybridized carbons (Fsp3) is 0.385. The fourth-order valence-corrected chi connectivity index (χ4v) is 2.82. The zero-order valence-electron chi connectivity index (χ0n) is 10.6. The van der Waals surface area contributed by atoms with Gasteiger partial charge in [-0.1, -0.05) is 23.2 Å². The lowest BCUT2D eigenvalue weighted by molar-refractivity contribution is -0.140. The van der Waals surface area contributed by atoms with Gasteiger partial charge in [0.15, 0.2) is 5.78 Å². The standard InChI is InChI=1S/C13H14Cl2O3S/c1-8(19-6-5-12(16)18-2)13(17)10-4-3-9(14)7-11(10)15/h3-4,7-8H,5-6H2,1-2H3. The van der Waals surface area contributed by atoms with Gasteiger partial charge in [-0.2, -0.15) is 0 Å². The number of carbonyl (C=O) groups is 2. The molecule has 1 unspecified atom stereocenters. The van der Waals surface area contributed by atoms with Gasteiger partial charge < -0.3 is 4.74 Å². The van der Waals surface area contributed by atoms with Gasteiger partial charge in [-0.05, 0) is 25.1 Å². The van der Waals surface area contributed by atoms with Crippen molar-refractivity contribution in [2.24, 2.45) is 0 Å². The van der Waals surface area contributed by atoms with Crippen LogP contribution in [0.25, 0.3) is 0 Å². The van der Waals surface area contributed by atoms with Crippen molar-refractivity contribution in [3.63, 3.8) is 0 Å². The van der Waals surface area contributed by atoms with Gasteiger partial charge in [0.2, 0.25) is 0 Å². The highest BCUT2D eigenvalue weighted by molar-refractivity contribution is 8.00. The Hall–Kier alpha value is -0.710. The molecule has 0 aliphatic rings. The number of halogens is 2. The monoisotopic (exact) mass is 320 g/mol. The summed E-state index contributed by atoms with van der Waals surface area (Å²) in [6.07, 6.45) is 0.285. The molecule has 1 atom stereocenters. The van der Waals surface area contributed by atoms with Gasteiger partial charge in [0.25, 0.3) is 0 Å². The molecule has 0 radical (unpaired) electrons. The van der Waals surface area contributed by atoms with E-state index in [4.69, 9.17) is 23.2 Å². The molecule has 6 heteroatoms. The number of carbonyl (C=O) groups excluding carboxylic acids is 2. The van der Waals surface area contributed by atoms with Crippen molar-refractivity contribution in [1.82, 2.24) is 0 Å². The maximum Gasteiger partial charge on any atom is 0.306 e. The van der Waals surface area contributed by atoms with Crippen LogP contribution in [0.4, 0.5) is 0 Å². The van der Waals surface area contributed by atoms with Crippen LogP contribution in [0.2, 0.25) is 10.0 Å². The van der Waals surface area contributed by atoms with Crippen molar-refractivity contribution in [1.29, 1.82) is 0 Å². The van der Waals surface area contributed by atoms with Gasteiger partial charge in [-0.15, -0.1) is 11.8 Å². The predicted molar refractivity (Wildman–Crippen MR) is 79.3 cm³/mol. The van der Waals surface area contributed by atoms with E-state index in [1.54, 1.807) is 25.1 Å². The largest absolute Gasteiger partial charge is 0.469 e. The van der Waals surface area contributed by atoms with Crippen molar-refractivity contribution in [2.75, 3.05) is 12.9 Å². The maximum atomic E-state index is 12.2. The Morgan fingerprint density at radius 1 is 1.37 bits per heavy atom. The molecule has 0 saturated carbocycles. The Morgan fingerprint density at radius 3 is 2.63 bits per heavy atom. The van der Waals surface area contributed by atoms with Crippen LogP contribution in [0.1, 0.15) is 23.7 Å². The molecule has 0 bridgehead atoms. The molecule has 0 spiro atoms. The molecule has 0 aliphatic carbocycles. The van der Waals surface area contributed by atoms with Gasteiger partial charge in [0.05, 0.1) is 23.8 Å². The Labute approximate surface area is 126 Å². The molecular weight excluding hydrogens is 307 g/mol. The number of benzene rings is 1. The van der Waals surface area contributed by atoms with Crippen LogP contribution in [0, 0.1) is 0 Å². The average Bonchev–Trinajstić information content (AvgIpc) is 2.37. The highest BCUT2D eigenvalue weighted by atomic mass is 35.5. The molecular formula is C13H14Cl2O3S. The van der Waals surface area contributed by atoms with Crippen LogP contribution in [-0.4, -0.2) is 29.9 Å². The quantitative estimate of drug-likeness (QED) is 0.589. The topological polar surface area (TPSA) is 43.4 Å². The summed E-state index contributed by atoms with van der Waals surface area (Å²) >= 11 is 13.2. The van der Waals surface area contributed by atoms with E-state index in [1.165, 1.54) is 18.9 Å². The molecule has 19 heavy (non-hydrogen) atoms. The number of methoxy groups -OCH3 is 1. The van der Waals surface area contributed by atoms with Crippen LogP contribution in [-0.2, 0) is 9.53 Å². The first kappa shape index (κ1) is 16.3. The normalized spacial score (nSPS) is 12.0. The number of esters is 1. The molecule has 104 valence electrons. The predicted octanol–water partition coefficient (Wildman–Crippen LogP) is 3.86. The minimum absolute atomic E-state index is 0.0727. The second-order valence-corrected chi connectivity index (χ2v) is 6.12. The second-order valence-electron chi connectivity index (χ2n) is 3.83. The third kappa shape index (κ3) is 5.05. The van der Waals surface area contributed by atoms with E-state index in [2.05, 4.69) is 4.74 Å². The van der Waals surface area contributed by atoms with Crippen LogP contribution in [0.3, 0.4) is 0 Å². The zero-order chi connectivity index (χ0) is 14.4. The number of ketones is 1. The van der Waals surface area contributed by atoms with Gasteiger partial charge >= 0.3 is 5.97 Å². The Morgan fingerprint density at radius 2 is 2.05 bits per heavy atom. The van der Waals surface area contributed by atoms with Crippen molar-refractivity contribution in [3.8, 4) is 0 Å². The average molecular weight is 321 g/mol. The number of Topliss-reactive ketones (excluding diaryl/α,β-unsaturated/α-hetero) is 1. The Balaban J connectivity index is 2.59. The smallest absolute Gasteiger partial charge is 0.306 e. The van der Waals surface area contributed by atoms with Crippen molar-refractivity contribution in [2.45, 2.75) is 18.6 Å². The first-order chi connectivity index (χ1) is 8.95. The third-order valence-electron chi connectivity index (χ3n) is 2.47. The van der Waals surface area contributed by atoms with Crippen molar-refractivity contribution < 1.29 is 14.3 Å². The molecule has 0 heterocycles. The summed E-state index contributed by atoms with van der Waals surface area (Å²) in [5, 5.41) is 0.564.